The number of hydrogen-bond donors (Lipinski definition) is 1. The molecule has 1 aliphatic heterocycles. The van der Waals surface area contributed by atoms with E-state index in [2.05, 4.69) is 43.3 Å². The summed E-state index contributed by atoms with van der Waals surface area (Å²) in [7, 11) is 0. The van der Waals surface area contributed by atoms with Crippen LogP contribution in [-0.2, 0) is 24.2 Å². The molecule has 0 radical (unpaired) electrons. The van der Waals surface area contributed by atoms with Crippen molar-refractivity contribution in [1.29, 1.82) is 0 Å². The molecule has 2 aliphatic rings. The van der Waals surface area contributed by atoms with Gasteiger partial charge in [0.1, 0.15) is 22.4 Å². The average Bonchev–Trinajstić information content (AvgIpc) is 3.58. The number of benzene rings is 1. The maximum absolute atomic E-state index is 11.6. The van der Waals surface area contributed by atoms with Gasteiger partial charge in [-0.25, -0.2) is 15.0 Å². The van der Waals surface area contributed by atoms with Crippen LogP contribution in [0.3, 0.4) is 0 Å². The van der Waals surface area contributed by atoms with Crippen molar-refractivity contribution < 1.29 is 4.55 Å². The molecule has 1 saturated heterocycles. The summed E-state index contributed by atoms with van der Waals surface area (Å²) in [4.78, 5) is 18.3. The number of pyridine rings is 2. The van der Waals surface area contributed by atoms with Gasteiger partial charge in [-0.05, 0) is 60.4 Å². The van der Waals surface area contributed by atoms with Gasteiger partial charge in [0.25, 0.3) is 0 Å². The molecule has 1 fully saturated rings. The maximum atomic E-state index is 11.6. The zero-order valence-corrected chi connectivity index (χ0v) is 22.7. The van der Waals surface area contributed by atoms with Crippen LogP contribution in [0, 0.1) is 5.41 Å². The molecule has 1 atom stereocenters. The van der Waals surface area contributed by atoms with Crippen LogP contribution in [-0.4, -0.2) is 43.3 Å². The monoisotopic (exact) mass is 548 g/mol. The van der Waals surface area contributed by atoms with E-state index in [-0.39, 0.29) is 0 Å². The summed E-state index contributed by atoms with van der Waals surface area (Å²) in [5.41, 5.74) is 6.26. The summed E-state index contributed by atoms with van der Waals surface area (Å²) in [5, 5.41) is 0.444. The highest BCUT2D eigenvalue weighted by Gasteiger charge is 2.40. The third-order valence-electron chi connectivity index (χ3n) is 7.73. The molecule has 1 aromatic carbocycles. The molecule has 5 aromatic rings. The number of halogens is 1. The van der Waals surface area contributed by atoms with Gasteiger partial charge in [-0.1, -0.05) is 47.6 Å². The van der Waals surface area contributed by atoms with Crippen LogP contribution in [0.4, 0.5) is 11.6 Å². The fraction of sp³-hybridized carbons (Fsp3) is 0.296. The van der Waals surface area contributed by atoms with Crippen molar-refractivity contribution in [3.63, 3.8) is 0 Å². The summed E-state index contributed by atoms with van der Waals surface area (Å²) in [6.45, 7) is 2.02. The van der Waals surface area contributed by atoms with E-state index < -0.39 is 11.4 Å². The first-order valence-electron chi connectivity index (χ1n) is 12.3. The first-order chi connectivity index (χ1) is 18.0. The number of anilines is 2. The van der Waals surface area contributed by atoms with Gasteiger partial charge in [0, 0.05) is 24.2 Å². The summed E-state index contributed by atoms with van der Waals surface area (Å²) in [6, 6.07) is 14.9. The second-order valence-electron chi connectivity index (χ2n) is 10.0. The molecule has 37 heavy (non-hydrogen) atoms. The van der Waals surface area contributed by atoms with Crippen molar-refractivity contribution in [2.45, 2.75) is 35.5 Å². The number of piperidine rings is 1. The van der Waals surface area contributed by atoms with Crippen LogP contribution >= 0.6 is 23.4 Å². The molecule has 1 unspecified atom stereocenters. The lowest BCUT2D eigenvalue weighted by Crippen LogP contribution is -2.40. The van der Waals surface area contributed by atoms with Crippen LogP contribution in [0.2, 0.25) is 5.02 Å². The standard InChI is InChI=1S/C27H25ClN6OS2/c1-37(35)32-24-23(28)20(8-11-29-24)36-21-6-7-22-31-25(19-16-30-26(21)34(19)22)33-12-9-27(10-13-33)14-17-4-2-3-5-18(17)15-27/h2-8,11,16H,9-10,12-15H2,1H3,(H,29,32). The topological polar surface area (TPSA) is 81.4 Å². The van der Waals surface area contributed by atoms with Crippen molar-refractivity contribution in [2.24, 2.45) is 5.41 Å². The Morgan fingerprint density at radius 3 is 2.51 bits per heavy atom. The molecule has 7 rings (SSSR count). The Bertz CT molecular complexity index is 1590. The summed E-state index contributed by atoms with van der Waals surface area (Å²) in [5.74, 6) is 1.43. The highest BCUT2D eigenvalue weighted by Crippen LogP contribution is 2.46. The third-order valence-corrected chi connectivity index (χ3v) is 9.81. The maximum Gasteiger partial charge on any atom is 0.190 e. The summed E-state index contributed by atoms with van der Waals surface area (Å²) < 4.78 is 16.5. The van der Waals surface area contributed by atoms with Crippen LogP contribution in [0.25, 0.3) is 16.8 Å². The molecule has 1 N–H and O–H groups in total. The van der Waals surface area contributed by atoms with Crippen LogP contribution < -0.4 is 9.62 Å². The van der Waals surface area contributed by atoms with E-state index in [9.17, 15) is 4.55 Å². The van der Waals surface area contributed by atoms with Crippen molar-refractivity contribution >= 4 is 63.2 Å². The van der Waals surface area contributed by atoms with Gasteiger partial charge in [-0.15, -0.1) is 0 Å². The number of rotatable bonds is 5. The van der Waals surface area contributed by atoms with E-state index in [0.717, 1.165) is 45.5 Å². The van der Waals surface area contributed by atoms with Gasteiger partial charge in [0.05, 0.1) is 22.5 Å². The molecule has 0 bridgehead atoms. The van der Waals surface area contributed by atoms with Crippen molar-refractivity contribution in [2.75, 3.05) is 29.0 Å². The lowest BCUT2D eigenvalue weighted by atomic mass is 9.76. The highest BCUT2D eigenvalue weighted by atomic mass is 35.5. The number of imidazole rings is 2. The highest BCUT2D eigenvalue weighted by molar-refractivity contribution is 7.99. The van der Waals surface area contributed by atoms with Crippen molar-refractivity contribution in [3.8, 4) is 0 Å². The Morgan fingerprint density at radius 2 is 1.78 bits per heavy atom. The Labute approximate surface area is 227 Å². The molecule has 10 heteroatoms. The van der Waals surface area contributed by atoms with E-state index in [0.29, 0.717) is 16.3 Å². The predicted octanol–water partition coefficient (Wildman–Crippen LogP) is 5.61. The van der Waals surface area contributed by atoms with Gasteiger partial charge < -0.3 is 9.45 Å². The van der Waals surface area contributed by atoms with E-state index in [1.54, 1.807) is 12.5 Å². The summed E-state index contributed by atoms with van der Waals surface area (Å²) in [6.07, 6.45) is 9.91. The Kier molecular flexibility index (Phi) is 5.65. The zero-order chi connectivity index (χ0) is 25.1. The third kappa shape index (κ3) is 4.00. The van der Waals surface area contributed by atoms with E-state index >= 15 is 0 Å². The minimum atomic E-state index is -1.26. The van der Waals surface area contributed by atoms with Gasteiger partial charge >= 0.3 is 0 Å². The van der Waals surface area contributed by atoms with Crippen molar-refractivity contribution in [3.05, 3.63) is 71.0 Å². The summed E-state index contributed by atoms with van der Waals surface area (Å²) >= 11 is 6.83. The smallest absolute Gasteiger partial charge is 0.190 e. The molecule has 0 saturated carbocycles. The van der Waals surface area contributed by atoms with E-state index in [4.69, 9.17) is 21.6 Å². The van der Waals surface area contributed by atoms with Gasteiger partial charge in [0.15, 0.2) is 17.3 Å². The predicted molar refractivity (Wildman–Crippen MR) is 150 cm³/mol. The normalized spacial score (nSPS) is 17.6. The molecule has 1 spiro atoms. The number of fused-ring (bicyclic) bond motifs is 1. The molecule has 7 nitrogen and oxygen atoms in total. The van der Waals surface area contributed by atoms with Crippen LogP contribution in [0.5, 0.6) is 0 Å². The minimum absolute atomic E-state index is 0.393. The Hall–Kier alpha value is -2.72. The second-order valence-corrected chi connectivity index (χ2v) is 12.6. The van der Waals surface area contributed by atoms with Gasteiger partial charge in [-0.3, -0.25) is 4.40 Å². The number of hydrogen-bond acceptors (Lipinski definition) is 7. The minimum Gasteiger partial charge on any atom is -0.593 e. The first-order valence-corrected chi connectivity index (χ1v) is 15.1. The molecule has 5 heterocycles. The fourth-order valence-corrected chi connectivity index (χ4v) is 7.61. The zero-order valence-electron chi connectivity index (χ0n) is 20.3. The quantitative estimate of drug-likeness (QED) is 0.286. The fourth-order valence-electron chi connectivity index (χ4n) is 5.93. The Balaban J connectivity index is 1.15. The molecular weight excluding hydrogens is 524 g/mol. The van der Waals surface area contributed by atoms with Gasteiger partial charge in [0.2, 0.25) is 0 Å². The first kappa shape index (κ1) is 23.4. The van der Waals surface area contributed by atoms with Crippen LogP contribution in [0.15, 0.2) is 64.6 Å². The van der Waals surface area contributed by atoms with E-state index in [1.165, 1.54) is 48.6 Å². The molecule has 0 amide bonds. The van der Waals surface area contributed by atoms with Crippen molar-refractivity contribution in [1.82, 2.24) is 19.4 Å². The Morgan fingerprint density at radius 1 is 1.03 bits per heavy atom. The second kappa shape index (κ2) is 8.94. The lowest BCUT2D eigenvalue weighted by Gasteiger charge is -2.39. The SMILES string of the molecule is C[S+]([O-])Nc1nccc(Sc2ccc3nc(N4CCC5(CC4)Cc4ccccc4C5)c4cnc2n34)c1Cl. The van der Waals surface area contributed by atoms with Crippen LogP contribution in [0.1, 0.15) is 24.0 Å². The molecule has 4 aromatic heterocycles. The average molecular weight is 549 g/mol. The largest absolute Gasteiger partial charge is 0.593 e. The molecule has 1 aliphatic carbocycles. The molecule has 188 valence electrons. The lowest BCUT2D eigenvalue weighted by molar-refractivity contribution is 0.232. The van der Waals surface area contributed by atoms with E-state index in [1.807, 2.05) is 24.4 Å². The number of aromatic nitrogens is 4. The number of nitrogens with zero attached hydrogens (tertiary/aromatic N) is 5. The van der Waals surface area contributed by atoms with Gasteiger partial charge in [-0.2, -0.15) is 4.72 Å². The molecular formula is C27H25ClN6OS2. The number of nitrogens with one attached hydrogen (secondary N) is 1.